The van der Waals surface area contributed by atoms with E-state index in [0.29, 0.717) is 0 Å². The second kappa shape index (κ2) is 7.26. The predicted octanol–water partition coefficient (Wildman–Crippen LogP) is 1.35. The van der Waals surface area contributed by atoms with E-state index < -0.39 is 0 Å². The van der Waals surface area contributed by atoms with Gasteiger partial charge in [0.2, 0.25) is 0 Å². The number of hydrogen-bond acceptors (Lipinski definition) is 4. The van der Waals surface area contributed by atoms with Gasteiger partial charge in [-0.3, -0.25) is 4.90 Å². The number of amidine groups is 1. The van der Waals surface area contributed by atoms with Gasteiger partial charge in [-0.15, -0.1) is 0 Å². The highest BCUT2D eigenvalue weighted by atomic mass is 16.4. The van der Waals surface area contributed by atoms with Crippen LogP contribution in [0.3, 0.4) is 0 Å². The van der Waals surface area contributed by atoms with Gasteiger partial charge in [0, 0.05) is 31.2 Å². The minimum atomic E-state index is 0.163. The number of benzene rings is 1. The first-order valence-electron chi connectivity index (χ1n) is 7.26. The number of nitrogens with one attached hydrogen (secondary N) is 1. The van der Waals surface area contributed by atoms with Crippen molar-refractivity contribution in [3.05, 3.63) is 35.4 Å². The summed E-state index contributed by atoms with van der Waals surface area (Å²) in [5.41, 5.74) is 7.52. The summed E-state index contributed by atoms with van der Waals surface area (Å²) in [6, 6.07) is 8.54. The Hall–Kier alpha value is -1.59. The molecule has 5 heteroatoms. The molecule has 110 valence electrons. The van der Waals surface area contributed by atoms with E-state index in [0.717, 1.165) is 43.3 Å². The molecule has 2 rings (SSSR count). The van der Waals surface area contributed by atoms with Crippen molar-refractivity contribution in [1.29, 1.82) is 0 Å². The molecule has 1 saturated carbocycles. The van der Waals surface area contributed by atoms with Gasteiger partial charge in [-0.25, -0.2) is 0 Å². The average molecular weight is 276 g/mol. The SMILES string of the molecule is CCN(CCNCc1ccccc1/C(N)=N/O)C1CC1. The van der Waals surface area contributed by atoms with Crippen LogP contribution in [0.2, 0.25) is 0 Å². The van der Waals surface area contributed by atoms with Crippen molar-refractivity contribution >= 4 is 5.84 Å². The van der Waals surface area contributed by atoms with Crippen LogP contribution in [0.1, 0.15) is 30.9 Å². The Labute approximate surface area is 120 Å². The molecular formula is C15H24N4O. The van der Waals surface area contributed by atoms with Gasteiger partial charge in [0.1, 0.15) is 0 Å². The van der Waals surface area contributed by atoms with Gasteiger partial charge in [-0.2, -0.15) is 0 Å². The maximum Gasteiger partial charge on any atom is 0.170 e. The molecule has 0 radical (unpaired) electrons. The third-order valence-corrected chi connectivity index (χ3v) is 3.76. The molecule has 0 heterocycles. The lowest BCUT2D eigenvalue weighted by molar-refractivity contribution is 0.277. The molecule has 4 N–H and O–H groups in total. The summed E-state index contributed by atoms with van der Waals surface area (Å²) in [5.74, 6) is 0.163. The quantitative estimate of drug-likeness (QED) is 0.220. The van der Waals surface area contributed by atoms with Crippen molar-refractivity contribution in [2.45, 2.75) is 32.4 Å². The molecule has 5 nitrogen and oxygen atoms in total. The van der Waals surface area contributed by atoms with E-state index in [-0.39, 0.29) is 5.84 Å². The summed E-state index contributed by atoms with van der Waals surface area (Å²) in [5, 5.41) is 15.3. The third kappa shape index (κ3) is 3.95. The zero-order valence-corrected chi connectivity index (χ0v) is 12.0. The van der Waals surface area contributed by atoms with E-state index in [1.807, 2.05) is 24.3 Å². The first-order valence-corrected chi connectivity index (χ1v) is 7.26. The first kappa shape index (κ1) is 14.8. The van der Waals surface area contributed by atoms with Crippen molar-refractivity contribution in [3.8, 4) is 0 Å². The fourth-order valence-corrected chi connectivity index (χ4v) is 2.46. The van der Waals surface area contributed by atoms with Gasteiger partial charge in [-0.1, -0.05) is 36.3 Å². The summed E-state index contributed by atoms with van der Waals surface area (Å²) >= 11 is 0. The summed E-state index contributed by atoms with van der Waals surface area (Å²) in [4.78, 5) is 2.52. The molecule has 0 aliphatic heterocycles. The smallest absolute Gasteiger partial charge is 0.170 e. The molecule has 20 heavy (non-hydrogen) atoms. The normalized spacial score (nSPS) is 15.8. The molecule has 1 aliphatic carbocycles. The van der Waals surface area contributed by atoms with E-state index >= 15 is 0 Å². The van der Waals surface area contributed by atoms with Crippen LogP contribution in [0.4, 0.5) is 0 Å². The minimum absolute atomic E-state index is 0.163. The minimum Gasteiger partial charge on any atom is -0.409 e. The molecule has 0 aromatic heterocycles. The van der Waals surface area contributed by atoms with Crippen LogP contribution in [0, 0.1) is 0 Å². The standard InChI is InChI=1S/C15H24N4O/c1-2-19(13-7-8-13)10-9-17-11-12-5-3-4-6-14(12)15(16)18-20/h3-6,13,17,20H,2,7-11H2,1H3,(H2,16,18). The number of nitrogens with zero attached hydrogens (tertiary/aromatic N) is 2. The summed E-state index contributed by atoms with van der Waals surface area (Å²) in [6.45, 7) is 6.09. The second-order valence-electron chi connectivity index (χ2n) is 5.18. The molecule has 0 atom stereocenters. The van der Waals surface area contributed by atoms with E-state index in [2.05, 4.69) is 22.3 Å². The van der Waals surface area contributed by atoms with E-state index in [4.69, 9.17) is 10.9 Å². The molecule has 1 aromatic carbocycles. The molecule has 0 spiro atoms. The molecular weight excluding hydrogens is 252 g/mol. The Balaban J connectivity index is 1.81. The fourth-order valence-electron chi connectivity index (χ4n) is 2.46. The molecule has 1 fully saturated rings. The first-order chi connectivity index (χ1) is 9.76. The highest BCUT2D eigenvalue weighted by molar-refractivity contribution is 5.98. The van der Waals surface area contributed by atoms with Crippen LogP contribution in [0.15, 0.2) is 29.4 Å². The molecule has 0 saturated heterocycles. The zero-order chi connectivity index (χ0) is 14.4. The Morgan fingerprint density at radius 1 is 1.45 bits per heavy atom. The average Bonchev–Trinajstić information content (AvgIpc) is 3.31. The van der Waals surface area contributed by atoms with Crippen molar-refractivity contribution in [2.75, 3.05) is 19.6 Å². The van der Waals surface area contributed by atoms with E-state index in [1.165, 1.54) is 12.8 Å². The van der Waals surface area contributed by atoms with Gasteiger partial charge in [-0.05, 0) is 24.9 Å². The Bertz CT molecular complexity index is 457. The molecule has 1 aromatic rings. The van der Waals surface area contributed by atoms with Crippen LogP contribution < -0.4 is 11.1 Å². The zero-order valence-electron chi connectivity index (χ0n) is 12.0. The van der Waals surface area contributed by atoms with Gasteiger partial charge in [0.05, 0.1) is 0 Å². The topological polar surface area (TPSA) is 73.9 Å². The number of hydrogen-bond donors (Lipinski definition) is 3. The van der Waals surface area contributed by atoms with Crippen LogP contribution >= 0.6 is 0 Å². The second-order valence-corrected chi connectivity index (χ2v) is 5.18. The van der Waals surface area contributed by atoms with Gasteiger partial charge >= 0.3 is 0 Å². The molecule has 0 unspecified atom stereocenters. The lowest BCUT2D eigenvalue weighted by Gasteiger charge is -2.20. The van der Waals surface area contributed by atoms with Crippen molar-refractivity contribution in [1.82, 2.24) is 10.2 Å². The maximum absolute atomic E-state index is 8.79. The molecule has 0 bridgehead atoms. The Morgan fingerprint density at radius 2 is 2.20 bits per heavy atom. The largest absolute Gasteiger partial charge is 0.409 e. The van der Waals surface area contributed by atoms with Gasteiger partial charge in [0.15, 0.2) is 5.84 Å². The summed E-state index contributed by atoms with van der Waals surface area (Å²) < 4.78 is 0. The fraction of sp³-hybridized carbons (Fsp3) is 0.533. The van der Waals surface area contributed by atoms with Gasteiger partial charge in [0.25, 0.3) is 0 Å². The monoisotopic (exact) mass is 276 g/mol. The van der Waals surface area contributed by atoms with E-state index in [9.17, 15) is 0 Å². The number of rotatable bonds is 8. The maximum atomic E-state index is 8.79. The van der Waals surface area contributed by atoms with Crippen LogP contribution in [-0.4, -0.2) is 41.6 Å². The summed E-state index contributed by atoms with van der Waals surface area (Å²) in [6.07, 6.45) is 2.69. The highest BCUT2D eigenvalue weighted by Crippen LogP contribution is 2.25. The number of nitrogens with two attached hydrogens (primary N) is 1. The molecule has 0 amide bonds. The van der Waals surface area contributed by atoms with E-state index in [1.54, 1.807) is 0 Å². The molecule has 1 aliphatic rings. The van der Waals surface area contributed by atoms with Crippen LogP contribution in [-0.2, 0) is 6.54 Å². The summed E-state index contributed by atoms with van der Waals surface area (Å²) in [7, 11) is 0. The van der Waals surface area contributed by atoms with Crippen molar-refractivity contribution in [3.63, 3.8) is 0 Å². The van der Waals surface area contributed by atoms with Crippen molar-refractivity contribution in [2.24, 2.45) is 10.9 Å². The van der Waals surface area contributed by atoms with Crippen LogP contribution in [0.25, 0.3) is 0 Å². The van der Waals surface area contributed by atoms with Crippen molar-refractivity contribution < 1.29 is 5.21 Å². The van der Waals surface area contributed by atoms with Gasteiger partial charge < -0.3 is 16.3 Å². The number of oxime groups is 1. The van der Waals surface area contributed by atoms with Crippen LogP contribution in [0.5, 0.6) is 0 Å². The lowest BCUT2D eigenvalue weighted by Crippen LogP contribution is -2.33. The Morgan fingerprint density at radius 3 is 2.85 bits per heavy atom. The predicted molar refractivity (Wildman–Crippen MR) is 80.9 cm³/mol. The lowest BCUT2D eigenvalue weighted by atomic mass is 10.1. The highest BCUT2D eigenvalue weighted by Gasteiger charge is 2.26. The Kier molecular flexibility index (Phi) is 5.38. The third-order valence-electron chi connectivity index (χ3n) is 3.76. The number of likely N-dealkylation sites (N-methyl/N-ethyl adjacent to an activating group) is 1.